The minimum Gasteiger partial charge on any atom is -0.497 e. The second-order valence-corrected chi connectivity index (χ2v) is 7.24. The Balaban J connectivity index is 1.63. The molecule has 3 heterocycles. The van der Waals surface area contributed by atoms with Gasteiger partial charge >= 0.3 is 5.97 Å². The molecule has 0 saturated heterocycles. The van der Waals surface area contributed by atoms with Crippen molar-refractivity contribution in [1.29, 1.82) is 0 Å². The maximum Gasteiger partial charge on any atom is 0.338 e. The van der Waals surface area contributed by atoms with Crippen LogP contribution in [-0.2, 0) is 13.1 Å². The predicted octanol–water partition coefficient (Wildman–Crippen LogP) is 3.10. The molecule has 1 aromatic carbocycles. The highest BCUT2D eigenvalue weighted by atomic mass is 35.5. The number of pyridine rings is 1. The van der Waals surface area contributed by atoms with Crippen molar-refractivity contribution in [2.45, 2.75) is 26.9 Å². The van der Waals surface area contributed by atoms with E-state index in [-0.39, 0.29) is 10.6 Å². The lowest BCUT2D eigenvalue weighted by molar-refractivity contribution is 0.0697. The van der Waals surface area contributed by atoms with Gasteiger partial charge in [-0.25, -0.2) is 19.1 Å². The molecule has 0 aliphatic carbocycles. The van der Waals surface area contributed by atoms with Gasteiger partial charge < -0.3 is 9.84 Å². The number of carboxylic acid groups (broad SMARTS) is 1. The number of aromatic carboxylic acids is 1. The summed E-state index contributed by atoms with van der Waals surface area (Å²) in [5, 5.41) is 23.0. The van der Waals surface area contributed by atoms with Crippen LogP contribution in [0.1, 0.15) is 33.0 Å². The van der Waals surface area contributed by atoms with E-state index in [4.69, 9.17) is 16.3 Å². The largest absolute Gasteiger partial charge is 0.497 e. The van der Waals surface area contributed by atoms with E-state index in [9.17, 15) is 9.90 Å². The fraction of sp³-hybridized carbons (Fsp3) is 0.250. The van der Waals surface area contributed by atoms with Gasteiger partial charge in [0.15, 0.2) is 5.65 Å². The lowest BCUT2D eigenvalue weighted by atomic mass is 10.2. The number of aromatic nitrogens is 6. The second kappa shape index (κ2) is 7.75. The van der Waals surface area contributed by atoms with Crippen molar-refractivity contribution in [2.75, 3.05) is 7.11 Å². The first-order valence-electron chi connectivity index (χ1n) is 9.15. The van der Waals surface area contributed by atoms with Crippen LogP contribution in [0.15, 0.2) is 30.5 Å². The highest BCUT2D eigenvalue weighted by molar-refractivity contribution is 6.38. The summed E-state index contributed by atoms with van der Waals surface area (Å²) in [6, 6.07) is 7.77. The van der Waals surface area contributed by atoms with Crippen molar-refractivity contribution in [3.63, 3.8) is 0 Å². The molecule has 0 atom stereocenters. The Kier molecular flexibility index (Phi) is 5.13. The molecule has 0 aliphatic heterocycles. The standard InChI is InChI=1S/C20H19ClN6O3/c1-11-17-18(21)15(20(28)29)8-22-19(17)27(24-11)10-16-12(2)26(25-23-16)9-13-4-6-14(30-3)7-5-13/h4-8H,9-10H2,1-3H3,(H,28,29). The van der Waals surface area contributed by atoms with Crippen LogP contribution in [0.25, 0.3) is 11.0 Å². The Morgan fingerprint density at radius 3 is 2.57 bits per heavy atom. The van der Waals surface area contributed by atoms with Crippen molar-refractivity contribution in [3.05, 3.63) is 63.7 Å². The van der Waals surface area contributed by atoms with Gasteiger partial charge in [0.1, 0.15) is 11.4 Å². The van der Waals surface area contributed by atoms with E-state index in [1.807, 2.05) is 35.9 Å². The van der Waals surface area contributed by atoms with Gasteiger partial charge in [-0.3, -0.25) is 0 Å². The minimum absolute atomic E-state index is 0.0477. The summed E-state index contributed by atoms with van der Waals surface area (Å²) in [7, 11) is 1.63. The SMILES string of the molecule is COc1ccc(Cn2nnc(Cn3nc(C)c4c(Cl)c(C(=O)O)cnc43)c2C)cc1. The first-order chi connectivity index (χ1) is 14.4. The number of hydrogen-bond acceptors (Lipinski definition) is 6. The van der Waals surface area contributed by atoms with Crippen LogP contribution in [0.4, 0.5) is 0 Å². The Labute approximate surface area is 176 Å². The highest BCUT2D eigenvalue weighted by Gasteiger charge is 2.20. The fourth-order valence-corrected chi connectivity index (χ4v) is 3.62. The summed E-state index contributed by atoms with van der Waals surface area (Å²) >= 11 is 6.29. The van der Waals surface area contributed by atoms with Gasteiger partial charge in [0.05, 0.1) is 47.6 Å². The number of carbonyl (C=O) groups is 1. The van der Waals surface area contributed by atoms with Crippen LogP contribution in [0.5, 0.6) is 5.75 Å². The van der Waals surface area contributed by atoms with Crippen LogP contribution in [0.3, 0.4) is 0 Å². The molecule has 0 aliphatic rings. The van der Waals surface area contributed by atoms with E-state index < -0.39 is 5.97 Å². The number of hydrogen-bond donors (Lipinski definition) is 1. The maximum atomic E-state index is 11.3. The van der Waals surface area contributed by atoms with Gasteiger partial charge in [-0.05, 0) is 31.5 Å². The molecule has 0 radical (unpaired) electrons. The summed E-state index contributed by atoms with van der Waals surface area (Å²) < 4.78 is 8.67. The molecule has 0 amide bonds. The van der Waals surface area contributed by atoms with Gasteiger partial charge in [-0.2, -0.15) is 5.10 Å². The van der Waals surface area contributed by atoms with Gasteiger partial charge in [-0.1, -0.05) is 28.9 Å². The predicted molar refractivity (Wildman–Crippen MR) is 110 cm³/mol. The number of aryl methyl sites for hydroxylation is 1. The second-order valence-electron chi connectivity index (χ2n) is 6.86. The molecule has 0 unspecified atom stereocenters. The molecule has 0 fully saturated rings. The number of ether oxygens (including phenoxy) is 1. The molecule has 4 rings (SSSR count). The van der Waals surface area contributed by atoms with Gasteiger partial charge in [-0.15, -0.1) is 5.10 Å². The third kappa shape index (κ3) is 3.48. The fourth-order valence-electron chi connectivity index (χ4n) is 3.27. The molecular weight excluding hydrogens is 408 g/mol. The lowest BCUT2D eigenvalue weighted by Gasteiger charge is -2.06. The first-order valence-corrected chi connectivity index (χ1v) is 9.53. The summed E-state index contributed by atoms with van der Waals surface area (Å²) in [6.45, 7) is 4.63. The number of fused-ring (bicyclic) bond motifs is 1. The number of halogens is 1. The van der Waals surface area contributed by atoms with Gasteiger partial charge in [0, 0.05) is 6.20 Å². The summed E-state index contributed by atoms with van der Waals surface area (Å²) in [4.78, 5) is 15.6. The average molecular weight is 427 g/mol. The topological polar surface area (TPSA) is 108 Å². The van der Waals surface area contributed by atoms with Crippen molar-refractivity contribution < 1.29 is 14.6 Å². The molecule has 9 nitrogen and oxygen atoms in total. The molecule has 0 saturated carbocycles. The smallest absolute Gasteiger partial charge is 0.338 e. The summed E-state index contributed by atoms with van der Waals surface area (Å²) in [5.74, 6) is -0.327. The van der Waals surface area contributed by atoms with Crippen molar-refractivity contribution >= 4 is 28.6 Å². The van der Waals surface area contributed by atoms with Crippen LogP contribution in [-0.4, -0.2) is 47.9 Å². The minimum atomic E-state index is -1.13. The molecule has 154 valence electrons. The van der Waals surface area contributed by atoms with E-state index >= 15 is 0 Å². The van der Waals surface area contributed by atoms with Crippen LogP contribution in [0.2, 0.25) is 5.02 Å². The number of rotatable bonds is 6. The van der Waals surface area contributed by atoms with Crippen LogP contribution in [0, 0.1) is 13.8 Å². The van der Waals surface area contributed by atoms with Crippen LogP contribution < -0.4 is 4.74 Å². The Hall–Kier alpha value is -3.46. The van der Waals surface area contributed by atoms with E-state index in [0.29, 0.717) is 29.8 Å². The van der Waals surface area contributed by atoms with E-state index in [1.165, 1.54) is 6.20 Å². The Morgan fingerprint density at radius 1 is 1.17 bits per heavy atom. The Morgan fingerprint density at radius 2 is 1.90 bits per heavy atom. The number of nitrogens with zero attached hydrogens (tertiary/aromatic N) is 6. The Bertz CT molecular complexity index is 1250. The number of carboxylic acids is 1. The lowest BCUT2D eigenvalue weighted by Crippen LogP contribution is -2.07. The zero-order valence-electron chi connectivity index (χ0n) is 16.6. The van der Waals surface area contributed by atoms with Crippen molar-refractivity contribution in [2.24, 2.45) is 0 Å². The maximum absolute atomic E-state index is 11.3. The number of methoxy groups -OCH3 is 1. The summed E-state index contributed by atoms with van der Waals surface area (Å²) in [6.07, 6.45) is 1.25. The molecule has 3 aromatic heterocycles. The highest BCUT2D eigenvalue weighted by Crippen LogP contribution is 2.29. The van der Waals surface area contributed by atoms with E-state index in [1.54, 1.807) is 18.7 Å². The monoisotopic (exact) mass is 426 g/mol. The van der Waals surface area contributed by atoms with Crippen molar-refractivity contribution in [3.8, 4) is 5.75 Å². The van der Waals surface area contributed by atoms with Gasteiger partial charge in [0.2, 0.25) is 0 Å². The van der Waals surface area contributed by atoms with Crippen molar-refractivity contribution in [1.82, 2.24) is 29.8 Å². The van der Waals surface area contributed by atoms with Crippen LogP contribution >= 0.6 is 11.6 Å². The third-order valence-electron chi connectivity index (χ3n) is 4.97. The zero-order valence-corrected chi connectivity index (χ0v) is 17.4. The molecular formula is C20H19ClN6O3. The molecule has 0 bridgehead atoms. The summed E-state index contributed by atoms with van der Waals surface area (Å²) in [5.41, 5.74) is 3.79. The average Bonchev–Trinajstić information content (AvgIpc) is 3.23. The molecule has 30 heavy (non-hydrogen) atoms. The molecule has 4 aromatic rings. The molecule has 1 N–H and O–H groups in total. The van der Waals surface area contributed by atoms with E-state index in [0.717, 1.165) is 22.7 Å². The molecule has 0 spiro atoms. The zero-order chi connectivity index (χ0) is 21.4. The van der Waals surface area contributed by atoms with Gasteiger partial charge in [0.25, 0.3) is 0 Å². The normalized spacial score (nSPS) is 11.2. The number of benzene rings is 1. The third-order valence-corrected chi connectivity index (χ3v) is 5.36. The quantitative estimate of drug-likeness (QED) is 0.504. The first kappa shape index (κ1) is 19.8. The van der Waals surface area contributed by atoms with E-state index in [2.05, 4.69) is 20.4 Å². The molecule has 10 heteroatoms.